The van der Waals surface area contributed by atoms with E-state index in [1.807, 2.05) is 6.92 Å². The van der Waals surface area contributed by atoms with Gasteiger partial charge in [0.15, 0.2) is 0 Å². The fourth-order valence-electron chi connectivity index (χ4n) is 1.73. The highest BCUT2D eigenvalue weighted by atomic mass is 32.2. The smallest absolute Gasteiger partial charge is 0.281 e. The normalized spacial score (nSPS) is 12.7. The highest BCUT2D eigenvalue weighted by molar-refractivity contribution is 7.99. The number of aromatic nitrogens is 2. The standard InChI is InChI=1S/C13H17N3OS/c1-8-6-12(5-4-11(8)7-9(2)14)18-13-16-15-10(3)17-13/h4-6,9H,7,14H2,1-3H3. The second-order valence-electron chi connectivity index (χ2n) is 4.46. The van der Waals surface area contributed by atoms with E-state index >= 15 is 0 Å². The van der Waals surface area contributed by atoms with Gasteiger partial charge in [0.2, 0.25) is 5.89 Å². The molecule has 0 spiro atoms. The van der Waals surface area contributed by atoms with Gasteiger partial charge in [-0.2, -0.15) is 0 Å². The van der Waals surface area contributed by atoms with Gasteiger partial charge in [-0.05, 0) is 55.3 Å². The van der Waals surface area contributed by atoms with Gasteiger partial charge < -0.3 is 10.2 Å². The van der Waals surface area contributed by atoms with Crippen LogP contribution in [0, 0.1) is 13.8 Å². The van der Waals surface area contributed by atoms with Crippen LogP contribution in [0.5, 0.6) is 0 Å². The van der Waals surface area contributed by atoms with Gasteiger partial charge in [-0.25, -0.2) is 0 Å². The summed E-state index contributed by atoms with van der Waals surface area (Å²) in [5.74, 6) is 0.586. The summed E-state index contributed by atoms with van der Waals surface area (Å²) in [4.78, 5) is 1.10. The zero-order valence-corrected chi connectivity index (χ0v) is 11.6. The highest BCUT2D eigenvalue weighted by Gasteiger charge is 2.07. The van der Waals surface area contributed by atoms with Crippen LogP contribution in [0.4, 0.5) is 0 Å². The topological polar surface area (TPSA) is 64.9 Å². The highest BCUT2D eigenvalue weighted by Crippen LogP contribution is 2.28. The molecule has 0 amide bonds. The Morgan fingerprint density at radius 2 is 2.11 bits per heavy atom. The van der Waals surface area contributed by atoms with E-state index in [4.69, 9.17) is 10.2 Å². The van der Waals surface area contributed by atoms with Crippen LogP contribution in [0.1, 0.15) is 23.9 Å². The molecule has 2 rings (SSSR count). The first-order valence-corrected chi connectivity index (χ1v) is 6.69. The van der Waals surface area contributed by atoms with E-state index in [2.05, 4.69) is 35.3 Å². The molecule has 0 radical (unpaired) electrons. The van der Waals surface area contributed by atoms with Crippen molar-refractivity contribution in [3.8, 4) is 0 Å². The number of benzene rings is 1. The lowest BCUT2D eigenvalue weighted by atomic mass is 10.0. The summed E-state index contributed by atoms with van der Waals surface area (Å²) < 4.78 is 5.34. The molecule has 1 aromatic carbocycles. The molecular weight excluding hydrogens is 246 g/mol. The van der Waals surface area contributed by atoms with Gasteiger partial charge in [-0.1, -0.05) is 6.07 Å². The lowest BCUT2D eigenvalue weighted by molar-refractivity contribution is 0.429. The van der Waals surface area contributed by atoms with E-state index in [-0.39, 0.29) is 6.04 Å². The molecule has 0 saturated heterocycles. The molecular formula is C13H17N3OS. The minimum absolute atomic E-state index is 0.181. The molecule has 1 unspecified atom stereocenters. The summed E-state index contributed by atoms with van der Waals surface area (Å²) in [5.41, 5.74) is 8.35. The quantitative estimate of drug-likeness (QED) is 0.918. The molecule has 1 aromatic heterocycles. The summed E-state index contributed by atoms with van der Waals surface area (Å²) in [6, 6.07) is 6.49. The van der Waals surface area contributed by atoms with E-state index in [0.717, 1.165) is 11.3 Å². The lowest BCUT2D eigenvalue weighted by Crippen LogP contribution is -2.18. The Kier molecular flexibility index (Phi) is 4.04. The molecule has 5 heteroatoms. The minimum atomic E-state index is 0.181. The molecule has 96 valence electrons. The van der Waals surface area contributed by atoms with Crippen molar-refractivity contribution in [1.82, 2.24) is 10.2 Å². The van der Waals surface area contributed by atoms with E-state index in [1.165, 1.54) is 22.9 Å². The molecule has 0 aliphatic heterocycles. The maximum absolute atomic E-state index is 5.82. The Hall–Kier alpha value is -1.33. The van der Waals surface area contributed by atoms with Crippen molar-refractivity contribution < 1.29 is 4.42 Å². The van der Waals surface area contributed by atoms with E-state index < -0.39 is 0 Å². The average Bonchev–Trinajstić information content (AvgIpc) is 2.68. The Morgan fingerprint density at radius 1 is 1.33 bits per heavy atom. The van der Waals surface area contributed by atoms with Crippen molar-refractivity contribution in [2.45, 2.75) is 43.4 Å². The van der Waals surface area contributed by atoms with Crippen LogP contribution in [-0.2, 0) is 6.42 Å². The molecule has 0 aliphatic carbocycles. The largest absolute Gasteiger partial charge is 0.416 e. The average molecular weight is 263 g/mol. The van der Waals surface area contributed by atoms with Gasteiger partial charge in [-0.3, -0.25) is 0 Å². The Balaban J connectivity index is 2.13. The molecule has 0 saturated carbocycles. The van der Waals surface area contributed by atoms with Crippen LogP contribution in [0.2, 0.25) is 0 Å². The molecule has 2 aromatic rings. The second kappa shape index (κ2) is 5.54. The van der Waals surface area contributed by atoms with Gasteiger partial charge in [0.1, 0.15) is 0 Å². The number of nitrogens with two attached hydrogens (primary N) is 1. The first kappa shape index (κ1) is 13.1. The molecule has 2 N–H and O–H groups in total. The van der Waals surface area contributed by atoms with E-state index in [9.17, 15) is 0 Å². The summed E-state index contributed by atoms with van der Waals surface area (Å²) in [5, 5.41) is 8.35. The van der Waals surface area contributed by atoms with Crippen molar-refractivity contribution in [1.29, 1.82) is 0 Å². The van der Waals surface area contributed by atoms with Crippen molar-refractivity contribution in [2.24, 2.45) is 5.73 Å². The fraction of sp³-hybridized carbons (Fsp3) is 0.385. The maximum atomic E-state index is 5.82. The van der Waals surface area contributed by atoms with Crippen LogP contribution in [0.15, 0.2) is 32.7 Å². The summed E-state index contributed by atoms with van der Waals surface area (Å²) in [6.45, 7) is 5.90. The first-order valence-electron chi connectivity index (χ1n) is 5.87. The van der Waals surface area contributed by atoms with Crippen LogP contribution in [0.25, 0.3) is 0 Å². The Morgan fingerprint density at radius 3 is 2.67 bits per heavy atom. The predicted molar refractivity (Wildman–Crippen MR) is 71.7 cm³/mol. The van der Waals surface area contributed by atoms with Crippen LogP contribution >= 0.6 is 11.8 Å². The van der Waals surface area contributed by atoms with Crippen LogP contribution < -0.4 is 5.73 Å². The second-order valence-corrected chi connectivity index (χ2v) is 5.48. The van der Waals surface area contributed by atoms with Gasteiger partial charge in [0.25, 0.3) is 5.22 Å². The summed E-state index contributed by atoms with van der Waals surface area (Å²) in [7, 11) is 0. The molecule has 0 fully saturated rings. The van der Waals surface area contributed by atoms with E-state index in [1.54, 1.807) is 6.92 Å². The monoisotopic (exact) mass is 263 g/mol. The minimum Gasteiger partial charge on any atom is -0.416 e. The zero-order chi connectivity index (χ0) is 13.1. The van der Waals surface area contributed by atoms with Crippen molar-refractivity contribution in [2.75, 3.05) is 0 Å². The van der Waals surface area contributed by atoms with Crippen molar-refractivity contribution >= 4 is 11.8 Å². The lowest BCUT2D eigenvalue weighted by Gasteiger charge is -2.09. The van der Waals surface area contributed by atoms with Gasteiger partial charge in [0.05, 0.1) is 0 Å². The molecule has 0 aliphatic rings. The third-order valence-electron chi connectivity index (χ3n) is 2.57. The first-order chi connectivity index (χ1) is 8.54. The number of hydrogen-bond donors (Lipinski definition) is 1. The van der Waals surface area contributed by atoms with Crippen LogP contribution in [0.3, 0.4) is 0 Å². The summed E-state index contributed by atoms with van der Waals surface area (Å²) in [6.07, 6.45) is 0.899. The Bertz CT molecular complexity index is 537. The number of nitrogens with zero attached hydrogens (tertiary/aromatic N) is 2. The molecule has 1 heterocycles. The number of rotatable bonds is 4. The molecule has 4 nitrogen and oxygen atoms in total. The number of hydrogen-bond acceptors (Lipinski definition) is 5. The third kappa shape index (κ3) is 3.34. The third-order valence-corrected chi connectivity index (χ3v) is 3.40. The van der Waals surface area contributed by atoms with Crippen LogP contribution in [-0.4, -0.2) is 16.2 Å². The summed E-state index contributed by atoms with van der Waals surface area (Å²) >= 11 is 1.48. The van der Waals surface area contributed by atoms with Gasteiger partial charge in [0, 0.05) is 17.9 Å². The van der Waals surface area contributed by atoms with Crippen molar-refractivity contribution in [3.63, 3.8) is 0 Å². The van der Waals surface area contributed by atoms with Gasteiger partial charge in [-0.15, -0.1) is 10.2 Å². The van der Waals surface area contributed by atoms with E-state index in [0.29, 0.717) is 11.1 Å². The predicted octanol–water partition coefficient (Wildman–Crippen LogP) is 2.73. The SMILES string of the molecule is Cc1nnc(Sc2ccc(CC(C)N)c(C)c2)o1. The molecule has 0 bridgehead atoms. The number of aryl methyl sites for hydroxylation is 2. The van der Waals surface area contributed by atoms with Gasteiger partial charge >= 0.3 is 0 Å². The molecule has 18 heavy (non-hydrogen) atoms. The zero-order valence-electron chi connectivity index (χ0n) is 10.8. The fourth-order valence-corrected chi connectivity index (χ4v) is 2.55. The Labute approximate surface area is 111 Å². The maximum Gasteiger partial charge on any atom is 0.281 e. The molecule has 1 atom stereocenters. The van der Waals surface area contributed by atoms with Crippen molar-refractivity contribution in [3.05, 3.63) is 35.2 Å².